The van der Waals surface area contributed by atoms with Gasteiger partial charge in [-0.3, -0.25) is 13.9 Å². The van der Waals surface area contributed by atoms with Crippen LogP contribution in [-0.4, -0.2) is 43.8 Å². The molecule has 0 heterocycles. The molecule has 0 bridgehead atoms. The first kappa shape index (κ1) is 29.6. The van der Waals surface area contributed by atoms with Crippen molar-refractivity contribution in [3.8, 4) is 0 Å². The Hall–Kier alpha value is -3.36. The maximum absolute atomic E-state index is 14.0. The molecule has 4 rings (SSSR count). The molecule has 212 valence electrons. The van der Waals surface area contributed by atoms with Gasteiger partial charge in [-0.1, -0.05) is 72.0 Å². The van der Waals surface area contributed by atoms with E-state index in [0.29, 0.717) is 10.7 Å². The first-order chi connectivity index (χ1) is 19.0. The van der Waals surface area contributed by atoms with Crippen LogP contribution in [0.2, 0.25) is 5.02 Å². The SMILES string of the molecule is Cc1ccc(S(=O)(=O)N(CC(=O)N(Cc2cccc(C)c2)C(C)C(=O)NC2CCCC2)c2ccc(Cl)cc2)cc1. The molecule has 7 nitrogen and oxygen atoms in total. The standard InChI is InChI=1S/C31H36ClN3O4S/c1-22-11-17-29(18-12-22)40(38,39)35(28-15-13-26(32)14-16-28)21-30(36)34(20-25-8-6-7-23(2)19-25)24(3)31(37)33-27-9-4-5-10-27/h6-8,11-19,24,27H,4-5,9-10,20-21H2,1-3H3,(H,33,37). The van der Waals surface area contributed by atoms with E-state index in [0.717, 1.165) is 46.7 Å². The van der Waals surface area contributed by atoms with Crippen molar-refractivity contribution in [3.63, 3.8) is 0 Å². The van der Waals surface area contributed by atoms with Gasteiger partial charge in [-0.2, -0.15) is 0 Å². The van der Waals surface area contributed by atoms with E-state index < -0.39 is 28.5 Å². The molecule has 3 aromatic carbocycles. The number of rotatable bonds is 10. The molecule has 40 heavy (non-hydrogen) atoms. The van der Waals surface area contributed by atoms with Crippen LogP contribution in [-0.2, 0) is 26.2 Å². The van der Waals surface area contributed by atoms with Gasteiger partial charge in [-0.05, 0) is 75.6 Å². The molecular weight excluding hydrogens is 546 g/mol. The highest BCUT2D eigenvalue weighted by Crippen LogP contribution is 2.26. The van der Waals surface area contributed by atoms with E-state index in [-0.39, 0.29) is 23.4 Å². The molecular formula is C31H36ClN3O4S. The van der Waals surface area contributed by atoms with Gasteiger partial charge >= 0.3 is 0 Å². The van der Waals surface area contributed by atoms with E-state index in [1.165, 1.54) is 17.0 Å². The van der Waals surface area contributed by atoms with Crippen LogP contribution in [0.1, 0.15) is 49.3 Å². The summed E-state index contributed by atoms with van der Waals surface area (Å²) in [5.74, 6) is -0.728. The Bertz CT molecular complexity index is 1440. The number of hydrogen-bond acceptors (Lipinski definition) is 4. The van der Waals surface area contributed by atoms with Crippen LogP contribution in [0.5, 0.6) is 0 Å². The number of halogens is 1. The van der Waals surface area contributed by atoms with Gasteiger partial charge in [0.05, 0.1) is 10.6 Å². The number of carbonyl (C=O) groups excluding carboxylic acids is 2. The number of nitrogens with one attached hydrogen (secondary N) is 1. The summed E-state index contributed by atoms with van der Waals surface area (Å²) in [5.41, 5.74) is 3.10. The minimum atomic E-state index is -4.11. The predicted molar refractivity (Wildman–Crippen MR) is 159 cm³/mol. The average molecular weight is 582 g/mol. The molecule has 1 aliphatic rings. The molecule has 3 aromatic rings. The zero-order chi connectivity index (χ0) is 28.9. The van der Waals surface area contributed by atoms with Gasteiger partial charge in [0.1, 0.15) is 12.6 Å². The maximum atomic E-state index is 14.0. The summed E-state index contributed by atoms with van der Waals surface area (Å²) in [6.07, 6.45) is 3.98. The Labute approximate surface area is 242 Å². The molecule has 0 aromatic heterocycles. The predicted octanol–water partition coefficient (Wildman–Crippen LogP) is 5.63. The molecule has 9 heteroatoms. The Balaban J connectivity index is 1.68. The largest absolute Gasteiger partial charge is 0.352 e. The number of anilines is 1. The van der Waals surface area contributed by atoms with Gasteiger partial charge in [-0.25, -0.2) is 8.42 Å². The minimum absolute atomic E-state index is 0.0677. The van der Waals surface area contributed by atoms with Crippen LogP contribution < -0.4 is 9.62 Å². The minimum Gasteiger partial charge on any atom is -0.352 e. The fraction of sp³-hybridized carbons (Fsp3) is 0.355. The normalized spacial score (nSPS) is 14.5. The lowest BCUT2D eigenvalue weighted by Crippen LogP contribution is -2.52. The Morgan fingerprint density at radius 3 is 2.23 bits per heavy atom. The lowest BCUT2D eigenvalue weighted by molar-refractivity contribution is -0.139. The molecule has 1 unspecified atom stereocenters. The summed E-state index contributed by atoms with van der Waals surface area (Å²) in [7, 11) is -4.11. The lowest BCUT2D eigenvalue weighted by Gasteiger charge is -2.32. The van der Waals surface area contributed by atoms with E-state index in [9.17, 15) is 18.0 Å². The highest BCUT2D eigenvalue weighted by Gasteiger charge is 2.33. The van der Waals surface area contributed by atoms with E-state index in [4.69, 9.17) is 11.6 Å². The fourth-order valence-electron chi connectivity index (χ4n) is 4.96. The zero-order valence-corrected chi connectivity index (χ0v) is 24.7. The van der Waals surface area contributed by atoms with Crippen LogP contribution in [0.3, 0.4) is 0 Å². The van der Waals surface area contributed by atoms with Crippen molar-refractivity contribution in [2.45, 2.75) is 70.0 Å². The molecule has 0 saturated heterocycles. The third kappa shape index (κ3) is 7.23. The van der Waals surface area contributed by atoms with E-state index >= 15 is 0 Å². The third-order valence-corrected chi connectivity index (χ3v) is 9.35. The van der Waals surface area contributed by atoms with Crippen molar-refractivity contribution in [2.24, 2.45) is 0 Å². The second-order valence-electron chi connectivity index (χ2n) is 10.5. The van der Waals surface area contributed by atoms with Crippen molar-refractivity contribution in [2.75, 3.05) is 10.8 Å². The van der Waals surface area contributed by atoms with Crippen molar-refractivity contribution in [3.05, 3.63) is 94.5 Å². The number of benzene rings is 3. The van der Waals surface area contributed by atoms with E-state index in [1.807, 2.05) is 38.1 Å². The molecule has 1 atom stereocenters. The number of aryl methyl sites for hydroxylation is 2. The molecule has 1 N–H and O–H groups in total. The second-order valence-corrected chi connectivity index (χ2v) is 12.8. The number of carbonyl (C=O) groups is 2. The summed E-state index contributed by atoms with van der Waals surface area (Å²) >= 11 is 6.08. The summed E-state index contributed by atoms with van der Waals surface area (Å²) in [6, 6.07) is 19.8. The van der Waals surface area contributed by atoms with Gasteiger partial charge in [0.25, 0.3) is 10.0 Å². The number of nitrogens with zero attached hydrogens (tertiary/aromatic N) is 2. The fourth-order valence-corrected chi connectivity index (χ4v) is 6.50. The summed E-state index contributed by atoms with van der Waals surface area (Å²) in [4.78, 5) is 28.8. The molecule has 2 amide bonds. The first-order valence-electron chi connectivity index (χ1n) is 13.5. The number of hydrogen-bond donors (Lipinski definition) is 1. The molecule has 0 spiro atoms. The second kappa shape index (κ2) is 12.9. The van der Waals surface area contributed by atoms with Crippen molar-refractivity contribution >= 4 is 39.1 Å². The van der Waals surface area contributed by atoms with Gasteiger partial charge in [0.15, 0.2) is 0 Å². The molecule has 1 saturated carbocycles. The monoisotopic (exact) mass is 581 g/mol. The quantitative estimate of drug-likeness (QED) is 0.336. The van der Waals surface area contributed by atoms with Crippen LogP contribution in [0.4, 0.5) is 5.69 Å². The van der Waals surface area contributed by atoms with Crippen molar-refractivity contribution in [1.82, 2.24) is 10.2 Å². The van der Waals surface area contributed by atoms with Gasteiger partial charge in [0, 0.05) is 17.6 Å². The smallest absolute Gasteiger partial charge is 0.264 e. The molecule has 1 aliphatic carbocycles. The summed E-state index contributed by atoms with van der Waals surface area (Å²) < 4.78 is 28.8. The number of sulfonamides is 1. The zero-order valence-electron chi connectivity index (χ0n) is 23.1. The van der Waals surface area contributed by atoms with Crippen molar-refractivity contribution in [1.29, 1.82) is 0 Å². The van der Waals surface area contributed by atoms with E-state index in [2.05, 4.69) is 5.32 Å². The van der Waals surface area contributed by atoms with Gasteiger partial charge in [0.2, 0.25) is 11.8 Å². The van der Waals surface area contributed by atoms with Crippen LogP contribution >= 0.6 is 11.6 Å². The van der Waals surface area contributed by atoms with Crippen LogP contribution in [0, 0.1) is 13.8 Å². The maximum Gasteiger partial charge on any atom is 0.264 e. The molecule has 0 aliphatic heterocycles. The Morgan fingerprint density at radius 2 is 1.60 bits per heavy atom. The van der Waals surface area contributed by atoms with Crippen molar-refractivity contribution < 1.29 is 18.0 Å². The topological polar surface area (TPSA) is 86.8 Å². The highest BCUT2D eigenvalue weighted by atomic mass is 35.5. The summed E-state index contributed by atoms with van der Waals surface area (Å²) in [5, 5.41) is 3.53. The van der Waals surface area contributed by atoms with Crippen LogP contribution in [0.15, 0.2) is 77.7 Å². The molecule has 0 radical (unpaired) electrons. The Kier molecular flexibility index (Phi) is 9.53. The summed E-state index contributed by atoms with van der Waals surface area (Å²) in [6.45, 7) is 5.21. The average Bonchev–Trinajstić information content (AvgIpc) is 3.44. The van der Waals surface area contributed by atoms with E-state index in [1.54, 1.807) is 43.3 Å². The Morgan fingerprint density at radius 1 is 0.950 bits per heavy atom. The molecule has 1 fully saturated rings. The van der Waals surface area contributed by atoms with Gasteiger partial charge in [-0.15, -0.1) is 0 Å². The highest BCUT2D eigenvalue weighted by molar-refractivity contribution is 7.92. The number of amides is 2. The first-order valence-corrected chi connectivity index (χ1v) is 15.4. The van der Waals surface area contributed by atoms with Crippen LogP contribution in [0.25, 0.3) is 0 Å². The van der Waals surface area contributed by atoms with Gasteiger partial charge < -0.3 is 10.2 Å². The third-order valence-electron chi connectivity index (χ3n) is 7.31. The lowest BCUT2D eigenvalue weighted by atomic mass is 10.1.